The van der Waals surface area contributed by atoms with E-state index in [1.165, 1.54) is 15.4 Å². The van der Waals surface area contributed by atoms with Crippen molar-refractivity contribution in [1.29, 1.82) is 0 Å². The molecule has 2 amide bonds. The minimum absolute atomic E-state index is 0.0545. The fraction of sp³-hybridized carbons (Fsp3) is 0.286. The average molecular weight is 549 g/mol. The van der Waals surface area contributed by atoms with Gasteiger partial charge in [0.05, 0.1) is 40.8 Å². The molecule has 1 aliphatic rings. The van der Waals surface area contributed by atoms with Gasteiger partial charge >= 0.3 is 5.69 Å². The summed E-state index contributed by atoms with van der Waals surface area (Å²) in [6, 6.07) is 11.7. The number of benzene rings is 2. The second kappa shape index (κ2) is 11.5. The normalized spacial score (nSPS) is 15.3. The molecule has 5 rings (SSSR count). The second-order valence-electron chi connectivity index (χ2n) is 9.31. The number of carbonyl (C=O) groups is 2. The lowest BCUT2D eigenvalue weighted by Gasteiger charge is -2.21. The lowest BCUT2D eigenvalue weighted by molar-refractivity contribution is -0.135. The molecule has 2 aromatic heterocycles. The highest BCUT2D eigenvalue weighted by Gasteiger charge is 2.30. The Morgan fingerprint density at radius 3 is 2.67 bits per heavy atom. The molecule has 2 aromatic carbocycles. The Morgan fingerprint density at radius 2 is 1.95 bits per heavy atom. The van der Waals surface area contributed by atoms with E-state index in [-0.39, 0.29) is 24.4 Å². The van der Waals surface area contributed by atoms with E-state index in [4.69, 9.17) is 10.5 Å². The Kier molecular flexibility index (Phi) is 7.75. The van der Waals surface area contributed by atoms with E-state index >= 15 is 0 Å². The number of amides is 2. The van der Waals surface area contributed by atoms with Gasteiger partial charge in [-0.3, -0.25) is 19.5 Å². The highest BCUT2D eigenvalue weighted by atomic mass is 19.3. The van der Waals surface area contributed by atoms with E-state index in [9.17, 15) is 23.2 Å². The van der Waals surface area contributed by atoms with E-state index in [1.807, 2.05) is 12.1 Å². The standard InChI is InChI=1S/C28H26F2N6O4/c29-26(30)25-20(31)15-35(34-25)19-10-8-17(9-11-19)16-40-14-3-1-2-5-18-6-4-7-21-24(18)33-28(39)36(21)22-12-13-23(37)32-27(22)38/h4,6-11,15,22,26H,1,3,12-14,16,31H2,(H,33,39)(H,32,37,38). The van der Waals surface area contributed by atoms with Gasteiger partial charge in [0, 0.05) is 19.4 Å². The Hall–Kier alpha value is -4.76. The molecule has 1 unspecified atom stereocenters. The number of aromatic amines is 1. The number of rotatable bonds is 8. The lowest BCUT2D eigenvalue weighted by Crippen LogP contribution is -2.43. The molecule has 4 aromatic rings. The van der Waals surface area contributed by atoms with Crippen molar-refractivity contribution in [2.45, 2.75) is 44.8 Å². The number of nitrogens with one attached hydrogen (secondary N) is 2. The summed E-state index contributed by atoms with van der Waals surface area (Å²) in [5, 5.41) is 6.12. The highest BCUT2D eigenvalue weighted by molar-refractivity contribution is 6.00. The summed E-state index contributed by atoms with van der Waals surface area (Å²) in [4.78, 5) is 39.2. The first kappa shape index (κ1) is 26.8. The maximum Gasteiger partial charge on any atom is 0.327 e. The average Bonchev–Trinajstić information content (AvgIpc) is 3.48. The summed E-state index contributed by atoms with van der Waals surface area (Å²) in [7, 11) is 0. The zero-order valence-corrected chi connectivity index (χ0v) is 21.3. The number of nitrogens with zero attached hydrogens (tertiary/aromatic N) is 3. The number of imidazole rings is 1. The van der Waals surface area contributed by atoms with E-state index in [0.717, 1.165) is 5.56 Å². The van der Waals surface area contributed by atoms with Crippen LogP contribution in [0.25, 0.3) is 16.7 Å². The van der Waals surface area contributed by atoms with Crippen molar-refractivity contribution in [2.24, 2.45) is 0 Å². The third-order valence-electron chi connectivity index (χ3n) is 6.54. The molecule has 1 aliphatic heterocycles. The van der Waals surface area contributed by atoms with Crippen molar-refractivity contribution in [3.63, 3.8) is 0 Å². The number of imide groups is 1. The molecular weight excluding hydrogens is 522 g/mol. The van der Waals surface area contributed by atoms with Gasteiger partial charge in [0.1, 0.15) is 6.04 Å². The van der Waals surface area contributed by atoms with E-state index < -0.39 is 29.8 Å². The van der Waals surface area contributed by atoms with Crippen molar-refractivity contribution >= 4 is 28.5 Å². The molecule has 1 fully saturated rings. The van der Waals surface area contributed by atoms with Gasteiger partial charge in [-0.1, -0.05) is 30.0 Å². The molecule has 40 heavy (non-hydrogen) atoms. The number of anilines is 1. The van der Waals surface area contributed by atoms with Crippen molar-refractivity contribution in [2.75, 3.05) is 12.3 Å². The molecule has 10 nitrogen and oxygen atoms in total. The topological polar surface area (TPSA) is 137 Å². The summed E-state index contributed by atoms with van der Waals surface area (Å²) in [6.45, 7) is 0.864. The number of nitrogens with two attached hydrogens (primary N) is 1. The van der Waals surface area contributed by atoms with E-state index in [0.29, 0.717) is 48.3 Å². The molecule has 0 aliphatic carbocycles. The van der Waals surface area contributed by atoms with Crippen LogP contribution in [0.1, 0.15) is 55.0 Å². The molecule has 0 bridgehead atoms. The molecule has 0 spiro atoms. The summed E-state index contributed by atoms with van der Waals surface area (Å²) in [5.41, 5.74) is 7.96. The number of nitrogen functional groups attached to an aromatic ring is 1. The van der Waals surface area contributed by atoms with Crippen LogP contribution in [0, 0.1) is 11.8 Å². The van der Waals surface area contributed by atoms with Crippen LogP contribution in [0.3, 0.4) is 0 Å². The van der Waals surface area contributed by atoms with Crippen molar-refractivity contribution in [3.05, 3.63) is 76.0 Å². The van der Waals surface area contributed by atoms with Gasteiger partial charge in [-0.05, 0) is 42.7 Å². The van der Waals surface area contributed by atoms with Crippen LogP contribution < -0.4 is 16.7 Å². The minimum Gasteiger partial charge on any atom is -0.396 e. The number of carbonyl (C=O) groups excluding carboxylic acids is 2. The summed E-state index contributed by atoms with van der Waals surface area (Å²) in [6.07, 6.45) is 0.328. The number of H-pyrrole nitrogens is 1. The molecule has 206 valence electrons. The molecule has 4 N–H and O–H groups in total. The third kappa shape index (κ3) is 5.64. The number of para-hydroxylation sites is 1. The third-order valence-corrected chi connectivity index (χ3v) is 6.54. The first-order valence-electron chi connectivity index (χ1n) is 12.7. The Labute approximate surface area is 227 Å². The van der Waals surface area contributed by atoms with Crippen LogP contribution in [0.2, 0.25) is 0 Å². The van der Waals surface area contributed by atoms with Crippen molar-refractivity contribution in [3.8, 4) is 17.5 Å². The van der Waals surface area contributed by atoms with Crippen LogP contribution in [0.15, 0.2) is 53.5 Å². The summed E-state index contributed by atoms with van der Waals surface area (Å²) in [5.74, 6) is 5.35. The smallest absolute Gasteiger partial charge is 0.327 e. The van der Waals surface area contributed by atoms with Crippen LogP contribution >= 0.6 is 0 Å². The van der Waals surface area contributed by atoms with Crippen molar-refractivity contribution in [1.82, 2.24) is 24.6 Å². The maximum absolute atomic E-state index is 12.9. The number of halogens is 2. The maximum atomic E-state index is 12.9. The Morgan fingerprint density at radius 1 is 1.15 bits per heavy atom. The van der Waals surface area contributed by atoms with Crippen LogP contribution in [-0.2, 0) is 20.9 Å². The van der Waals surface area contributed by atoms with Crippen molar-refractivity contribution < 1.29 is 23.1 Å². The highest BCUT2D eigenvalue weighted by Crippen LogP contribution is 2.25. The number of hydrogen-bond acceptors (Lipinski definition) is 6. The van der Waals surface area contributed by atoms with Crippen LogP contribution in [-0.4, -0.2) is 37.8 Å². The van der Waals surface area contributed by atoms with Gasteiger partial charge in [-0.2, -0.15) is 5.10 Å². The molecule has 0 radical (unpaired) electrons. The van der Waals surface area contributed by atoms with Gasteiger partial charge in [0.2, 0.25) is 11.8 Å². The number of unbranched alkanes of at least 4 members (excludes halogenated alkanes) is 1. The van der Waals surface area contributed by atoms with Crippen LogP contribution in [0.4, 0.5) is 14.5 Å². The first-order chi connectivity index (χ1) is 19.3. The molecule has 1 atom stereocenters. The minimum atomic E-state index is -2.73. The zero-order valence-electron chi connectivity index (χ0n) is 21.3. The number of fused-ring (bicyclic) bond motifs is 1. The fourth-order valence-electron chi connectivity index (χ4n) is 4.55. The Bertz CT molecular complexity index is 1680. The fourth-order valence-corrected chi connectivity index (χ4v) is 4.55. The quantitative estimate of drug-likeness (QED) is 0.175. The summed E-state index contributed by atoms with van der Waals surface area (Å²) >= 11 is 0. The number of hydrogen-bond donors (Lipinski definition) is 3. The van der Waals surface area contributed by atoms with E-state index in [2.05, 4.69) is 27.2 Å². The predicted octanol–water partition coefficient (Wildman–Crippen LogP) is 3.36. The first-order valence-corrected chi connectivity index (χ1v) is 12.7. The molecule has 12 heteroatoms. The van der Waals surface area contributed by atoms with Gasteiger partial charge in [0.15, 0.2) is 5.69 Å². The summed E-state index contributed by atoms with van der Waals surface area (Å²) < 4.78 is 34.2. The zero-order chi connectivity index (χ0) is 28.2. The van der Waals surface area contributed by atoms with E-state index in [1.54, 1.807) is 30.3 Å². The number of aromatic nitrogens is 4. The van der Waals surface area contributed by atoms with Gasteiger partial charge in [0.25, 0.3) is 6.43 Å². The molecule has 3 heterocycles. The number of ether oxygens (including phenoxy) is 1. The number of piperidine rings is 1. The second-order valence-corrected chi connectivity index (χ2v) is 9.31. The lowest BCUT2D eigenvalue weighted by atomic mass is 10.1. The Balaban J connectivity index is 1.13. The molecule has 1 saturated heterocycles. The largest absolute Gasteiger partial charge is 0.396 e. The van der Waals surface area contributed by atoms with Gasteiger partial charge in [-0.25, -0.2) is 18.3 Å². The van der Waals surface area contributed by atoms with Crippen LogP contribution in [0.5, 0.6) is 0 Å². The number of alkyl halides is 2. The predicted molar refractivity (Wildman–Crippen MR) is 143 cm³/mol. The monoisotopic (exact) mass is 548 g/mol. The van der Waals surface area contributed by atoms with Gasteiger partial charge in [-0.15, -0.1) is 0 Å². The van der Waals surface area contributed by atoms with Gasteiger partial charge < -0.3 is 15.5 Å². The molecular formula is C28H26F2N6O4. The molecule has 0 saturated carbocycles. The SMILES string of the molecule is Nc1cn(-c2ccc(COCCCC#Cc3cccc4c3[nH]c(=O)n4C3CCC(=O)NC3=O)cc2)nc1C(F)F.